The molecule has 0 radical (unpaired) electrons. The molecule has 2 aromatic rings. The number of nitrogens with zero attached hydrogens (tertiary/aromatic N) is 2. The molecule has 0 saturated carbocycles. The summed E-state index contributed by atoms with van der Waals surface area (Å²) >= 11 is 0. The van der Waals surface area contributed by atoms with Crippen molar-refractivity contribution in [2.24, 2.45) is 11.7 Å². The number of pyridine rings is 1. The molecule has 2 heterocycles. The summed E-state index contributed by atoms with van der Waals surface area (Å²) in [6.07, 6.45) is 1.27. The van der Waals surface area contributed by atoms with Crippen LogP contribution in [0.1, 0.15) is 28.9 Å². The first-order chi connectivity index (χ1) is 11.6. The number of hydrogen-bond acceptors (Lipinski definition) is 3. The van der Waals surface area contributed by atoms with Gasteiger partial charge in [0.15, 0.2) is 0 Å². The number of piperidine rings is 1. The molecule has 0 aliphatic carbocycles. The van der Waals surface area contributed by atoms with Gasteiger partial charge in [-0.15, -0.1) is 0 Å². The largest absolute Gasteiger partial charge is 0.369 e. The predicted molar refractivity (Wildman–Crippen MR) is 92.2 cm³/mol. The van der Waals surface area contributed by atoms with E-state index in [0.29, 0.717) is 31.5 Å². The van der Waals surface area contributed by atoms with Crippen LogP contribution in [-0.4, -0.2) is 34.8 Å². The van der Waals surface area contributed by atoms with Crippen molar-refractivity contribution in [1.29, 1.82) is 0 Å². The normalized spacial score (nSPS) is 15.3. The number of rotatable bonds is 3. The Morgan fingerprint density at radius 2 is 1.75 bits per heavy atom. The van der Waals surface area contributed by atoms with Crippen molar-refractivity contribution >= 4 is 11.8 Å². The van der Waals surface area contributed by atoms with Crippen molar-refractivity contribution in [3.8, 4) is 11.3 Å². The first-order valence-corrected chi connectivity index (χ1v) is 8.18. The lowest BCUT2D eigenvalue weighted by atomic mass is 9.95. The van der Waals surface area contributed by atoms with E-state index in [2.05, 4.69) is 4.98 Å². The number of amides is 2. The van der Waals surface area contributed by atoms with Gasteiger partial charge in [0.05, 0.1) is 17.0 Å². The summed E-state index contributed by atoms with van der Waals surface area (Å²) < 4.78 is 0. The molecular formula is C19H21N3O2. The molecular weight excluding hydrogens is 302 g/mol. The zero-order valence-corrected chi connectivity index (χ0v) is 13.7. The van der Waals surface area contributed by atoms with Crippen molar-refractivity contribution in [2.45, 2.75) is 19.8 Å². The smallest absolute Gasteiger partial charge is 0.255 e. The van der Waals surface area contributed by atoms with Crippen LogP contribution in [0.15, 0.2) is 42.5 Å². The maximum atomic E-state index is 12.7. The molecule has 1 saturated heterocycles. The number of carbonyl (C=O) groups excluding carboxylic acids is 2. The number of primary amides is 1. The zero-order chi connectivity index (χ0) is 17.1. The van der Waals surface area contributed by atoms with E-state index in [1.165, 1.54) is 0 Å². The van der Waals surface area contributed by atoms with Crippen LogP contribution >= 0.6 is 0 Å². The summed E-state index contributed by atoms with van der Waals surface area (Å²) in [7, 11) is 0. The summed E-state index contributed by atoms with van der Waals surface area (Å²) in [5, 5.41) is 0. The molecule has 1 fully saturated rings. The Hall–Kier alpha value is -2.69. The van der Waals surface area contributed by atoms with Gasteiger partial charge in [-0.05, 0) is 31.9 Å². The Morgan fingerprint density at radius 1 is 1.08 bits per heavy atom. The molecule has 2 amide bonds. The third-order valence-electron chi connectivity index (χ3n) is 4.57. The lowest BCUT2D eigenvalue weighted by Crippen LogP contribution is -2.42. The van der Waals surface area contributed by atoms with E-state index in [-0.39, 0.29) is 17.7 Å². The van der Waals surface area contributed by atoms with Crippen LogP contribution in [0.5, 0.6) is 0 Å². The molecule has 0 spiro atoms. The summed E-state index contributed by atoms with van der Waals surface area (Å²) in [4.78, 5) is 30.3. The predicted octanol–water partition coefficient (Wildman–Crippen LogP) is 2.39. The number of carbonyl (C=O) groups is 2. The Labute approximate surface area is 141 Å². The molecule has 0 bridgehead atoms. The number of likely N-dealkylation sites (tertiary alicyclic amines) is 1. The maximum Gasteiger partial charge on any atom is 0.255 e. The van der Waals surface area contributed by atoms with E-state index in [0.717, 1.165) is 17.0 Å². The highest BCUT2D eigenvalue weighted by atomic mass is 16.2. The molecule has 124 valence electrons. The Morgan fingerprint density at radius 3 is 2.33 bits per heavy atom. The van der Waals surface area contributed by atoms with E-state index in [9.17, 15) is 9.59 Å². The minimum absolute atomic E-state index is 0.0254. The number of benzene rings is 1. The lowest BCUT2D eigenvalue weighted by Gasteiger charge is -2.30. The highest BCUT2D eigenvalue weighted by Crippen LogP contribution is 2.22. The van der Waals surface area contributed by atoms with Crippen molar-refractivity contribution in [3.63, 3.8) is 0 Å². The van der Waals surface area contributed by atoms with Crippen LogP contribution < -0.4 is 5.73 Å². The second kappa shape index (κ2) is 6.83. The molecule has 2 N–H and O–H groups in total. The monoisotopic (exact) mass is 323 g/mol. The molecule has 5 nitrogen and oxygen atoms in total. The van der Waals surface area contributed by atoms with E-state index < -0.39 is 0 Å². The average Bonchev–Trinajstić information content (AvgIpc) is 2.62. The fraction of sp³-hybridized carbons (Fsp3) is 0.316. The SMILES string of the molecule is Cc1nc(-c2ccccc2)ccc1C(=O)N1CCC(C(N)=O)CC1. The van der Waals surface area contributed by atoms with Crippen LogP contribution in [0.4, 0.5) is 0 Å². The summed E-state index contributed by atoms with van der Waals surface area (Å²) in [6, 6.07) is 13.6. The second-order valence-electron chi connectivity index (χ2n) is 6.16. The van der Waals surface area contributed by atoms with E-state index >= 15 is 0 Å². The van der Waals surface area contributed by atoms with Crippen LogP contribution in [-0.2, 0) is 4.79 Å². The third kappa shape index (κ3) is 3.30. The van der Waals surface area contributed by atoms with Crippen LogP contribution in [0, 0.1) is 12.8 Å². The van der Waals surface area contributed by atoms with E-state index in [1.807, 2.05) is 49.4 Å². The van der Waals surface area contributed by atoms with E-state index in [1.54, 1.807) is 4.90 Å². The summed E-state index contributed by atoms with van der Waals surface area (Å²) in [6.45, 7) is 2.98. The van der Waals surface area contributed by atoms with E-state index in [4.69, 9.17) is 5.73 Å². The molecule has 1 aromatic carbocycles. The molecule has 24 heavy (non-hydrogen) atoms. The highest BCUT2D eigenvalue weighted by molar-refractivity contribution is 5.95. The maximum absolute atomic E-state index is 12.7. The number of hydrogen-bond donors (Lipinski definition) is 1. The van der Waals surface area contributed by atoms with Gasteiger partial charge in [-0.3, -0.25) is 14.6 Å². The zero-order valence-electron chi connectivity index (χ0n) is 13.7. The van der Waals surface area contributed by atoms with Gasteiger partial charge in [-0.1, -0.05) is 30.3 Å². The molecule has 0 atom stereocenters. The molecule has 3 rings (SSSR count). The highest BCUT2D eigenvalue weighted by Gasteiger charge is 2.27. The van der Waals surface area contributed by atoms with Gasteiger partial charge in [0.25, 0.3) is 5.91 Å². The Kier molecular flexibility index (Phi) is 4.60. The minimum atomic E-state index is -0.271. The quantitative estimate of drug-likeness (QED) is 0.942. The number of nitrogens with two attached hydrogens (primary N) is 1. The van der Waals surface area contributed by atoms with Gasteiger partial charge in [-0.2, -0.15) is 0 Å². The third-order valence-corrected chi connectivity index (χ3v) is 4.57. The minimum Gasteiger partial charge on any atom is -0.369 e. The second-order valence-corrected chi connectivity index (χ2v) is 6.16. The van der Waals surface area contributed by atoms with Crippen LogP contribution in [0.25, 0.3) is 11.3 Å². The van der Waals surface area contributed by atoms with Crippen molar-refractivity contribution in [1.82, 2.24) is 9.88 Å². The standard InChI is InChI=1S/C19H21N3O2/c1-13-16(7-8-17(21-13)14-5-3-2-4-6-14)19(24)22-11-9-15(10-12-22)18(20)23/h2-8,15H,9-12H2,1H3,(H2,20,23). The average molecular weight is 323 g/mol. The van der Waals surface area contributed by atoms with Gasteiger partial charge in [-0.25, -0.2) is 0 Å². The van der Waals surface area contributed by atoms with Gasteiger partial charge in [0, 0.05) is 24.6 Å². The summed E-state index contributed by atoms with van der Waals surface area (Å²) in [5.41, 5.74) is 8.57. The molecule has 1 aliphatic rings. The Bertz CT molecular complexity index is 750. The van der Waals surface area contributed by atoms with Gasteiger partial charge in [0.2, 0.25) is 5.91 Å². The molecule has 0 unspecified atom stereocenters. The number of aromatic nitrogens is 1. The molecule has 1 aromatic heterocycles. The fourth-order valence-electron chi connectivity index (χ4n) is 3.09. The number of aryl methyl sites for hydroxylation is 1. The molecule has 5 heteroatoms. The lowest BCUT2D eigenvalue weighted by molar-refractivity contribution is -0.123. The van der Waals surface area contributed by atoms with Gasteiger partial charge >= 0.3 is 0 Å². The van der Waals surface area contributed by atoms with Gasteiger partial charge < -0.3 is 10.6 Å². The first-order valence-electron chi connectivity index (χ1n) is 8.18. The van der Waals surface area contributed by atoms with Crippen LogP contribution in [0.3, 0.4) is 0 Å². The topological polar surface area (TPSA) is 76.3 Å². The summed E-state index contributed by atoms with van der Waals surface area (Å²) in [5.74, 6) is -0.413. The van der Waals surface area contributed by atoms with Gasteiger partial charge in [0.1, 0.15) is 0 Å². The first kappa shape index (κ1) is 16.2. The Balaban J connectivity index is 1.75. The molecule has 1 aliphatic heterocycles. The van der Waals surface area contributed by atoms with Crippen LogP contribution in [0.2, 0.25) is 0 Å². The van der Waals surface area contributed by atoms with Crippen molar-refractivity contribution < 1.29 is 9.59 Å². The fourth-order valence-corrected chi connectivity index (χ4v) is 3.09. The van der Waals surface area contributed by atoms with Crippen molar-refractivity contribution in [3.05, 3.63) is 53.7 Å². The van der Waals surface area contributed by atoms with Crippen molar-refractivity contribution in [2.75, 3.05) is 13.1 Å².